The molecule has 0 atom stereocenters. The summed E-state index contributed by atoms with van der Waals surface area (Å²) in [6.45, 7) is 0. The molecule has 0 N–H and O–H groups in total. The minimum Gasteiger partial charge on any atom is -0.554 e. The number of aromatic nitrogens is 10. The van der Waals surface area contributed by atoms with Crippen molar-refractivity contribution in [2.45, 2.75) is 0 Å². The molecule has 0 amide bonds. The van der Waals surface area contributed by atoms with E-state index in [2.05, 4.69) is 55.8 Å². The van der Waals surface area contributed by atoms with Gasteiger partial charge in [-0.25, -0.2) is 9.36 Å². The van der Waals surface area contributed by atoms with Gasteiger partial charge in [0.2, 0.25) is 17.6 Å². The summed E-state index contributed by atoms with van der Waals surface area (Å²) in [5.74, 6) is 5.69. The van der Waals surface area contributed by atoms with Crippen LogP contribution < -0.4 is 28.4 Å². The number of ether oxygens (including phenoxy) is 6. The van der Waals surface area contributed by atoms with Crippen molar-refractivity contribution < 1.29 is 134 Å². The first-order valence-corrected chi connectivity index (χ1v) is 23.8. The van der Waals surface area contributed by atoms with Gasteiger partial charge >= 0.3 is 0 Å². The summed E-state index contributed by atoms with van der Waals surface area (Å²) in [7, 11) is 6.43. The number of rotatable bonds is 13. The molecule has 0 aliphatic heterocycles. The Kier molecular flexibility index (Phi) is 31.8. The zero-order valence-electron chi connectivity index (χ0n) is 44.0. The van der Waals surface area contributed by atoms with Crippen molar-refractivity contribution in [3.8, 4) is 74.8 Å². The first kappa shape index (κ1) is 69.1. The predicted molar refractivity (Wildman–Crippen MR) is 291 cm³/mol. The van der Waals surface area contributed by atoms with Crippen LogP contribution in [0.25, 0.3) is 28.4 Å². The second kappa shape index (κ2) is 37.8. The Hall–Kier alpha value is -7.17. The van der Waals surface area contributed by atoms with Gasteiger partial charge < -0.3 is 28.4 Å². The van der Waals surface area contributed by atoms with Crippen molar-refractivity contribution >= 4 is 0 Å². The third-order valence-electron chi connectivity index (χ3n) is 10.5. The van der Waals surface area contributed by atoms with Crippen molar-refractivity contribution in [1.29, 1.82) is 0 Å². The summed E-state index contributed by atoms with van der Waals surface area (Å²) in [4.78, 5) is 0. The minimum absolute atomic E-state index is 0. The van der Waals surface area contributed by atoms with Gasteiger partial charge in [-0.05, 0) is 64.8 Å². The van der Waals surface area contributed by atoms with E-state index >= 15 is 0 Å². The number of para-hydroxylation sites is 6. The van der Waals surface area contributed by atoms with Gasteiger partial charge in [0.05, 0.1) is 40.8 Å². The Bertz CT molecular complexity index is 3550. The molecule has 12 aromatic rings. The summed E-state index contributed by atoms with van der Waals surface area (Å²) >= 11 is 0. The maximum Gasteiger partial charge on any atom is 0.232 e. The summed E-state index contributed by atoms with van der Waals surface area (Å²) in [6, 6.07) is 76.0. The summed E-state index contributed by atoms with van der Waals surface area (Å²) in [5, 5.41) is 20.8. The predicted octanol–water partition coefficient (Wildman–Crippen LogP) is 12.0. The van der Waals surface area contributed by atoms with Crippen LogP contribution in [-0.2, 0) is 105 Å². The normalized spacial score (nSPS) is 9.46. The number of nitrogens with zero attached hydrogens (tertiary/aromatic N) is 10. The molecular weight excluding hydrogens is 1940 g/mol. The molecule has 21 heteroatoms. The molecule has 5 aromatic heterocycles. The number of hydrogen-bond donors (Lipinski definition) is 0. The molecule has 0 aliphatic rings. The fraction of sp³-hybridized carbons (Fsp3) is 0.0656. The first-order valence-electron chi connectivity index (χ1n) is 23.8. The van der Waals surface area contributed by atoms with Crippen molar-refractivity contribution in [2.24, 2.45) is 0 Å². The van der Waals surface area contributed by atoms with Gasteiger partial charge in [-0.2, -0.15) is 111 Å². The molecule has 0 unspecified atom stereocenters. The SMILES string of the molecule is COc1c[c-]c(-n2cccn2)c(OC)c1.COc1ccn(-c2[c-]cccc2)n1.COc1ccnn1-c1[c-]cccc1.[Pt].[Pt].[Pt].[Pt].[Pt].[c-]1cccc(Oc2ccccc2)c1-n1cccn1.[c-]1ccccc1-n1nccc1Oc1ccccc1. The summed E-state index contributed by atoms with van der Waals surface area (Å²) in [5.41, 5.74) is 4.21. The molecule has 436 valence electrons. The third kappa shape index (κ3) is 20.4. The molecule has 0 saturated heterocycles. The maximum absolute atomic E-state index is 5.84. The zero-order chi connectivity index (χ0) is 53.3. The van der Waals surface area contributed by atoms with Gasteiger partial charge in [0, 0.05) is 172 Å². The molecule has 0 spiro atoms. The Morgan fingerprint density at radius 3 is 1.35 bits per heavy atom. The van der Waals surface area contributed by atoms with E-state index < -0.39 is 0 Å². The summed E-state index contributed by atoms with van der Waals surface area (Å²) < 4.78 is 40.6. The molecule has 0 radical (unpaired) electrons. The smallest absolute Gasteiger partial charge is 0.232 e. The van der Waals surface area contributed by atoms with Gasteiger partial charge in [-0.15, -0.1) is 41.5 Å². The Morgan fingerprint density at radius 2 is 0.866 bits per heavy atom. The van der Waals surface area contributed by atoms with Crippen LogP contribution in [0.15, 0.2) is 238 Å². The van der Waals surface area contributed by atoms with E-state index in [0.717, 1.165) is 45.7 Å². The topological polar surface area (TPSA) is 144 Å². The molecule has 0 fully saturated rings. The monoisotopic (exact) mass is 1990 g/mol. The van der Waals surface area contributed by atoms with E-state index in [4.69, 9.17) is 28.4 Å². The van der Waals surface area contributed by atoms with Crippen molar-refractivity contribution in [1.82, 2.24) is 48.9 Å². The van der Waals surface area contributed by atoms with Crippen LogP contribution >= 0.6 is 0 Å². The third-order valence-corrected chi connectivity index (χ3v) is 10.5. The Morgan fingerprint density at radius 1 is 0.354 bits per heavy atom. The van der Waals surface area contributed by atoms with Crippen molar-refractivity contribution in [2.75, 3.05) is 28.4 Å². The van der Waals surface area contributed by atoms with Crippen LogP contribution in [0.3, 0.4) is 0 Å². The Balaban J connectivity index is 0.000000267. The molecule has 5 heterocycles. The van der Waals surface area contributed by atoms with E-state index in [-0.39, 0.29) is 105 Å². The molecular formula is C61H51N10O6Pt5-5. The minimum atomic E-state index is 0. The van der Waals surface area contributed by atoms with Crippen LogP contribution in [0.4, 0.5) is 0 Å². The second-order valence-electron chi connectivity index (χ2n) is 15.5. The summed E-state index contributed by atoms with van der Waals surface area (Å²) in [6.07, 6.45) is 12.4. The van der Waals surface area contributed by atoms with E-state index in [1.807, 2.05) is 188 Å². The average Bonchev–Trinajstić information content (AvgIpc) is 4.42. The number of hydrogen-bond acceptors (Lipinski definition) is 11. The molecule has 0 saturated carbocycles. The van der Waals surface area contributed by atoms with Crippen LogP contribution in [0.2, 0.25) is 0 Å². The molecule has 16 nitrogen and oxygen atoms in total. The molecule has 0 aliphatic carbocycles. The van der Waals surface area contributed by atoms with Gasteiger partial charge in [0.15, 0.2) is 0 Å². The molecule has 0 bridgehead atoms. The van der Waals surface area contributed by atoms with E-state index in [9.17, 15) is 0 Å². The fourth-order valence-electron chi connectivity index (χ4n) is 6.89. The zero-order valence-corrected chi connectivity index (χ0v) is 55.4. The standard InChI is InChI=1S/2C15H11N2O.C11H11N2O2.2C10H9N2O.5Pt/c1-3-7-13(8-4-1)17-15(11-12-16-17)18-14-9-5-2-6-10-14;1-2-7-13(8-3-1)18-15-10-5-4-9-14(15)17-12-6-11-16-17;1-14-9-4-5-10(11(8-9)15-2)13-7-3-6-12-13;1-13-10-7-8-12(11-10)9-5-3-2-4-6-9;1-13-10-7-8-11-12(10)9-5-3-2-4-6-9;;;;;/h1-7,9-12H;1-8,10-12H;3-4,6-8H,1-2H3;2*2-5,7-8H,1H3;;;;;/q5*-1;;;;;. The van der Waals surface area contributed by atoms with Crippen LogP contribution in [0.5, 0.6) is 46.4 Å². The van der Waals surface area contributed by atoms with Crippen LogP contribution in [0.1, 0.15) is 0 Å². The first-order chi connectivity index (χ1) is 38.0. The average molecular weight is 2000 g/mol. The van der Waals surface area contributed by atoms with Gasteiger partial charge in [0.1, 0.15) is 11.5 Å². The van der Waals surface area contributed by atoms with Crippen LogP contribution in [-0.4, -0.2) is 77.3 Å². The largest absolute Gasteiger partial charge is 0.554 e. The van der Waals surface area contributed by atoms with E-state index in [1.165, 1.54) is 0 Å². The molecule has 7 aromatic carbocycles. The Labute approximate surface area is 548 Å². The molecule has 12 rings (SSSR count). The van der Waals surface area contributed by atoms with Gasteiger partial charge in [0.25, 0.3) is 0 Å². The van der Waals surface area contributed by atoms with Crippen molar-refractivity contribution in [3.63, 3.8) is 0 Å². The molecule has 82 heavy (non-hydrogen) atoms. The quantitative estimate of drug-likeness (QED) is 0.102. The van der Waals surface area contributed by atoms with Crippen LogP contribution in [0, 0.1) is 30.3 Å². The second-order valence-corrected chi connectivity index (χ2v) is 15.5. The van der Waals surface area contributed by atoms with E-state index in [0.29, 0.717) is 29.1 Å². The number of benzene rings is 7. The van der Waals surface area contributed by atoms with Gasteiger partial charge in [-0.3, -0.25) is 14.0 Å². The fourth-order valence-corrected chi connectivity index (χ4v) is 6.89. The van der Waals surface area contributed by atoms with E-state index in [1.54, 1.807) is 101 Å². The van der Waals surface area contributed by atoms with Crippen molar-refractivity contribution in [3.05, 3.63) is 268 Å². The maximum atomic E-state index is 5.84. The van der Waals surface area contributed by atoms with Gasteiger partial charge in [-0.1, -0.05) is 42.5 Å². The number of methoxy groups -OCH3 is 4.